The summed E-state index contributed by atoms with van der Waals surface area (Å²) in [6.07, 6.45) is 0. The lowest BCUT2D eigenvalue weighted by molar-refractivity contribution is 0.102. The van der Waals surface area contributed by atoms with Crippen LogP contribution in [0.2, 0.25) is 0 Å². The van der Waals surface area contributed by atoms with Crippen LogP contribution in [0.3, 0.4) is 0 Å². The van der Waals surface area contributed by atoms with Crippen molar-refractivity contribution in [3.05, 3.63) is 89.4 Å². The van der Waals surface area contributed by atoms with Crippen LogP contribution in [0.15, 0.2) is 78.9 Å². The van der Waals surface area contributed by atoms with Crippen molar-refractivity contribution >= 4 is 33.1 Å². The maximum atomic E-state index is 12.1. The van der Waals surface area contributed by atoms with Crippen molar-refractivity contribution in [1.82, 2.24) is 4.98 Å². The molecule has 4 aromatic rings. The third-order valence-electron chi connectivity index (χ3n) is 3.85. The van der Waals surface area contributed by atoms with E-state index in [2.05, 4.69) is 16.4 Å². The lowest BCUT2D eigenvalue weighted by atomic mass is 10.2. The van der Waals surface area contributed by atoms with Gasteiger partial charge < -0.3 is 10.1 Å². The Hall–Kier alpha value is -3.18. The fourth-order valence-electron chi connectivity index (χ4n) is 2.55. The van der Waals surface area contributed by atoms with Crippen molar-refractivity contribution in [2.75, 3.05) is 5.32 Å². The average Bonchev–Trinajstić information content (AvgIpc) is 3.11. The molecule has 128 valence electrons. The third kappa shape index (κ3) is 3.73. The first-order valence-corrected chi connectivity index (χ1v) is 9.03. The van der Waals surface area contributed by atoms with Crippen LogP contribution in [0.5, 0.6) is 5.75 Å². The average molecular weight is 360 g/mol. The van der Waals surface area contributed by atoms with Crippen LogP contribution in [-0.4, -0.2) is 10.9 Å². The lowest BCUT2D eigenvalue weighted by Crippen LogP contribution is -2.11. The van der Waals surface area contributed by atoms with Gasteiger partial charge in [-0.1, -0.05) is 30.3 Å². The number of anilines is 1. The van der Waals surface area contributed by atoms with Crippen LogP contribution >= 0.6 is 11.3 Å². The van der Waals surface area contributed by atoms with Crippen molar-refractivity contribution in [3.8, 4) is 5.75 Å². The van der Waals surface area contributed by atoms with E-state index in [1.54, 1.807) is 23.5 Å². The number of hydrogen-bond donors (Lipinski definition) is 1. The largest absolute Gasteiger partial charge is 0.486 e. The maximum Gasteiger partial charge on any atom is 0.255 e. The molecule has 4 nitrogen and oxygen atoms in total. The van der Waals surface area contributed by atoms with Crippen molar-refractivity contribution in [1.29, 1.82) is 0 Å². The highest BCUT2D eigenvalue weighted by Gasteiger charge is 2.06. The Morgan fingerprint density at radius 1 is 0.923 bits per heavy atom. The van der Waals surface area contributed by atoms with Crippen LogP contribution < -0.4 is 10.1 Å². The molecule has 0 atom stereocenters. The number of amides is 1. The Morgan fingerprint density at radius 2 is 1.65 bits per heavy atom. The zero-order valence-electron chi connectivity index (χ0n) is 13.9. The number of benzene rings is 3. The van der Waals surface area contributed by atoms with Gasteiger partial charge in [-0.05, 0) is 48.5 Å². The predicted molar refractivity (Wildman–Crippen MR) is 105 cm³/mol. The van der Waals surface area contributed by atoms with E-state index in [0.29, 0.717) is 12.2 Å². The monoisotopic (exact) mass is 360 g/mol. The minimum atomic E-state index is -0.131. The Labute approximate surface area is 155 Å². The van der Waals surface area contributed by atoms with Gasteiger partial charge in [0.25, 0.3) is 5.91 Å². The molecule has 0 unspecified atom stereocenters. The summed E-state index contributed by atoms with van der Waals surface area (Å²) in [6, 6.07) is 24.5. The molecule has 1 aromatic heterocycles. The lowest BCUT2D eigenvalue weighted by Gasteiger charge is -2.07. The van der Waals surface area contributed by atoms with Gasteiger partial charge in [0.2, 0.25) is 0 Å². The summed E-state index contributed by atoms with van der Waals surface area (Å²) in [6.45, 7) is 0.426. The Balaban J connectivity index is 1.37. The molecule has 1 N–H and O–H groups in total. The SMILES string of the molecule is O=C(Nc1ccc(OCc2nc3ccccc3s2)cc1)c1ccccc1. The molecule has 26 heavy (non-hydrogen) atoms. The number of fused-ring (bicyclic) bond motifs is 1. The number of para-hydroxylation sites is 1. The van der Waals surface area contributed by atoms with Crippen molar-refractivity contribution in [2.45, 2.75) is 6.61 Å². The number of carbonyl (C=O) groups is 1. The second-order valence-corrected chi connectivity index (χ2v) is 6.82. The molecule has 0 fully saturated rings. The van der Waals surface area contributed by atoms with E-state index in [1.807, 2.05) is 60.7 Å². The van der Waals surface area contributed by atoms with Gasteiger partial charge in [0.1, 0.15) is 17.4 Å². The van der Waals surface area contributed by atoms with Gasteiger partial charge in [-0.25, -0.2) is 4.98 Å². The summed E-state index contributed by atoms with van der Waals surface area (Å²) in [7, 11) is 0. The zero-order valence-corrected chi connectivity index (χ0v) is 14.7. The van der Waals surface area contributed by atoms with E-state index < -0.39 is 0 Å². The molecule has 1 heterocycles. The van der Waals surface area contributed by atoms with E-state index in [0.717, 1.165) is 26.7 Å². The smallest absolute Gasteiger partial charge is 0.255 e. The Morgan fingerprint density at radius 3 is 2.42 bits per heavy atom. The molecule has 0 saturated carbocycles. The predicted octanol–water partition coefficient (Wildman–Crippen LogP) is 5.13. The molecule has 0 radical (unpaired) electrons. The van der Waals surface area contributed by atoms with Gasteiger partial charge in [0.05, 0.1) is 10.2 Å². The zero-order chi connectivity index (χ0) is 17.8. The fourth-order valence-corrected chi connectivity index (χ4v) is 3.43. The van der Waals surface area contributed by atoms with Crippen LogP contribution in [0.4, 0.5) is 5.69 Å². The molecule has 0 aliphatic heterocycles. The molecular weight excluding hydrogens is 344 g/mol. The molecule has 4 rings (SSSR count). The maximum absolute atomic E-state index is 12.1. The van der Waals surface area contributed by atoms with Crippen molar-refractivity contribution in [3.63, 3.8) is 0 Å². The van der Waals surface area contributed by atoms with E-state index in [1.165, 1.54) is 0 Å². The summed E-state index contributed by atoms with van der Waals surface area (Å²) >= 11 is 1.63. The number of nitrogens with zero attached hydrogens (tertiary/aromatic N) is 1. The molecule has 0 aliphatic carbocycles. The van der Waals surface area contributed by atoms with E-state index >= 15 is 0 Å². The third-order valence-corrected chi connectivity index (χ3v) is 4.86. The van der Waals surface area contributed by atoms with Gasteiger partial charge in [-0.2, -0.15) is 0 Å². The fraction of sp³-hybridized carbons (Fsp3) is 0.0476. The number of rotatable bonds is 5. The number of nitrogens with one attached hydrogen (secondary N) is 1. The topological polar surface area (TPSA) is 51.2 Å². The summed E-state index contributed by atoms with van der Waals surface area (Å²) in [5, 5.41) is 3.81. The van der Waals surface area contributed by atoms with Gasteiger partial charge in [-0.15, -0.1) is 11.3 Å². The Bertz CT molecular complexity index is 994. The quantitative estimate of drug-likeness (QED) is 0.537. The van der Waals surface area contributed by atoms with Crippen LogP contribution in [-0.2, 0) is 6.61 Å². The number of aromatic nitrogens is 1. The number of thiazole rings is 1. The molecule has 0 bridgehead atoms. The normalized spacial score (nSPS) is 10.6. The highest BCUT2D eigenvalue weighted by atomic mass is 32.1. The standard InChI is InChI=1S/C21H16N2O2S/c24-21(15-6-2-1-3-7-15)22-16-10-12-17(13-11-16)25-14-20-23-18-8-4-5-9-19(18)26-20/h1-13H,14H2,(H,22,24). The van der Waals surface area contributed by atoms with Crippen molar-refractivity contribution in [2.24, 2.45) is 0 Å². The first-order valence-electron chi connectivity index (χ1n) is 8.22. The minimum Gasteiger partial charge on any atom is -0.486 e. The van der Waals surface area contributed by atoms with Crippen LogP contribution in [0, 0.1) is 0 Å². The van der Waals surface area contributed by atoms with Gasteiger partial charge in [0, 0.05) is 11.3 Å². The van der Waals surface area contributed by atoms with Gasteiger partial charge in [-0.3, -0.25) is 4.79 Å². The second-order valence-electron chi connectivity index (χ2n) is 5.71. The molecule has 1 amide bonds. The summed E-state index contributed by atoms with van der Waals surface area (Å²) in [4.78, 5) is 16.7. The number of ether oxygens (including phenoxy) is 1. The molecule has 3 aromatic carbocycles. The Kier molecular flexibility index (Phi) is 4.62. The molecule has 0 aliphatic rings. The second kappa shape index (κ2) is 7.37. The van der Waals surface area contributed by atoms with E-state index in [9.17, 15) is 4.79 Å². The number of carbonyl (C=O) groups excluding carboxylic acids is 1. The van der Waals surface area contributed by atoms with Gasteiger partial charge in [0.15, 0.2) is 0 Å². The van der Waals surface area contributed by atoms with E-state index in [-0.39, 0.29) is 5.91 Å². The van der Waals surface area contributed by atoms with E-state index in [4.69, 9.17) is 4.74 Å². The highest BCUT2D eigenvalue weighted by molar-refractivity contribution is 7.18. The minimum absolute atomic E-state index is 0.131. The first-order chi connectivity index (χ1) is 12.8. The first kappa shape index (κ1) is 16.3. The van der Waals surface area contributed by atoms with Crippen LogP contribution in [0.1, 0.15) is 15.4 Å². The highest BCUT2D eigenvalue weighted by Crippen LogP contribution is 2.23. The van der Waals surface area contributed by atoms with Gasteiger partial charge >= 0.3 is 0 Å². The van der Waals surface area contributed by atoms with Crippen LogP contribution in [0.25, 0.3) is 10.2 Å². The number of hydrogen-bond acceptors (Lipinski definition) is 4. The summed E-state index contributed by atoms with van der Waals surface area (Å²) in [5.74, 6) is 0.607. The molecule has 0 spiro atoms. The summed E-state index contributed by atoms with van der Waals surface area (Å²) < 4.78 is 6.96. The molecule has 5 heteroatoms. The summed E-state index contributed by atoms with van der Waals surface area (Å²) in [5.41, 5.74) is 2.35. The van der Waals surface area contributed by atoms with Crippen molar-refractivity contribution < 1.29 is 9.53 Å². The molecule has 0 saturated heterocycles. The molecular formula is C21H16N2O2S.